The fraction of sp³-hybridized carbons (Fsp3) is 0.400. The van der Waals surface area contributed by atoms with Gasteiger partial charge in [-0.1, -0.05) is 0 Å². The zero-order chi connectivity index (χ0) is 11.8. The van der Waals surface area contributed by atoms with Gasteiger partial charge >= 0.3 is 0 Å². The first-order chi connectivity index (χ1) is 6.72. The maximum absolute atomic E-state index is 11.2. The Kier molecular flexibility index (Phi) is 2.95. The third-order valence-corrected chi connectivity index (χ3v) is 3.01. The summed E-state index contributed by atoms with van der Waals surface area (Å²) in [6.07, 6.45) is 1.13. The van der Waals surface area contributed by atoms with Crippen molar-refractivity contribution in [3.05, 3.63) is 22.8 Å². The second-order valence-electron chi connectivity index (χ2n) is 3.78. The highest BCUT2D eigenvalue weighted by molar-refractivity contribution is 7.92. The van der Waals surface area contributed by atoms with Gasteiger partial charge in [-0.3, -0.25) is 4.72 Å². The van der Waals surface area contributed by atoms with Crippen LogP contribution in [0.25, 0.3) is 0 Å². The third-order valence-electron chi connectivity index (χ3n) is 2.43. The zero-order valence-corrected chi connectivity index (χ0v) is 10.2. The molecule has 0 aromatic heterocycles. The molecule has 0 radical (unpaired) electrons. The third kappa shape index (κ3) is 2.62. The van der Waals surface area contributed by atoms with E-state index in [4.69, 9.17) is 5.73 Å². The van der Waals surface area contributed by atoms with Crippen molar-refractivity contribution in [3.63, 3.8) is 0 Å². The topological polar surface area (TPSA) is 72.2 Å². The number of rotatable bonds is 2. The van der Waals surface area contributed by atoms with Gasteiger partial charge in [-0.15, -0.1) is 0 Å². The summed E-state index contributed by atoms with van der Waals surface area (Å²) in [7, 11) is -3.26. The number of sulfonamides is 1. The van der Waals surface area contributed by atoms with Gasteiger partial charge in [0.15, 0.2) is 0 Å². The highest BCUT2D eigenvalue weighted by Crippen LogP contribution is 2.28. The SMILES string of the molecule is Cc1cc(N)c(C)c(NS(C)(=O)=O)c1C. The number of benzene rings is 1. The van der Waals surface area contributed by atoms with Gasteiger partial charge in [-0.05, 0) is 43.5 Å². The lowest BCUT2D eigenvalue weighted by molar-refractivity contribution is 0.606. The van der Waals surface area contributed by atoms with Crippen LogP contribution in [0.3, 0.4) is 0 Å². The summed E-state index contributed by atoms with van der Waals surface area (Å²) in [6, 6.07) is 1.85. The molecule has 84 valence electrons. The van der Waals surface area contributed by atoms with Gasteiger partial charge in [0.25, 0.3) is 0 Å². The van der Waals surface area contributed by atoms with Crippen LogP contribution in [0.1, 0.15) is 16.7 Å². The predicted molar refractivity (Wildman–Crippen MR) is 63.5 cm³/mol. The molecule has 1 aromatic rings. The minimum atomic E-state index is -3.26. The standard InChI is InChI=1S/C10H16N2O2S/c1-6-5-9(11)8(3)10(7(6)2)12-15(4,13)14/h5,12H,11H2,1-4H3. The van der Waals surface area contributed by atoms with Gasteiger partial charge in [0, 0.05) is 5.69 Å². The number of anilines is 2. The molecule has 4 nitrogen and oxygen atoms in total. The Balaban J connectivity index is 3.40. The summed E-state index contributed by atoms with van der Waals surface area (Å²) in [5.74, 6) is 0. The lowest BCUT2D eigenvalue weighted by Gasteiger charge is -2.15. The Labute approximate surface area is 90.5 Å². The molecule has 3 N–H and O–H groups in total. The molecule has 0 fully saturated rings. The molecule has 0 aliphatic rings. The van der Waals surface area contributed by atoms with E-state index in [1.807, 2.05) is 19.9 Å². The van der Waals surface area contributed by atoms with Gasteiger partial charge in [-0.25, -0.2) is 8.42 Å². The minimum absolute atomic E-state index is 0.593. The molecule has 0 atom stereocenters. The van der Waals surface area contributed by atoms with Crippen molar-refractivity contribution in [2.24, 2.45) is 0 Å². The monoisotopic (exact) mass is 228 g/mol. The fourth-order valence-electron chi connectivity index (χ4n) is 1.41. The molecular weight excluding hydrogens is 212 g/mol. The van der Waals surface area contributed by atoms with Crippen molar-refractivity contribution in [1.82, 2.24) is 0 Å². The molecule has 0 aliphatic carbocycles. The second kappa shape index (κ2) is 3.73. The first-order valence-electron chi connectivity index (χ1n) is 4.56. The Morgan fingerprint density at radius 1 is 1.20 bits per heavy atom. The van der Waals surface area contributed by atoms with Gasteiger partial charge in [0.2, 0.25) is 10.0 Å². The maximum Gasteiger partial charge on any atom is 0.229 e. The molecule has 0 spiro atoms. The van der Waals surface area contributed by atoms with E-state index in [0.29, 0.717) is 11.4 Å². The van der Waals surface area contributed by atoms with E-state index in [1.165, 1.54) is 0 Å². The lowest BCUT2D eigenvalue weighted by atomic mass is 10.0. The van der Waals surface area contributed by atoms with E-state index >= 15 is 0 Å². The second-order valence-corrected chi connectivity index (χ2v) is 5.53. The molecule has 15 heavy (non-hydrogen) atoms. The Morgan fingerprint density at radius 3 is 2.20 bits per heavy atom. The minimum Gasteiger partial charge on any atom is -0.398 e. The smallest absolute Gasteiger partial charge is 0.229 e. The van der Waals surface area contributed by atoms with Crippen LogP contribution in [0.2, 0.25) is 0 Å². The molecule has 1 aromatic carbocycles. The summed E-state index contributed by atoms with van der Waals surface area (Å²) in [5.41, 5.74) is 9.62. The molecule has 0 saturated heterocycles. The zero-order valence-electron chi connectivity index (χ0n) is 9.38. The number of hydrogen-bond donors (Lipinski definition) is 2. The van der Waals surface area contributed by atoms with Crippen LogP contribution in [0, 0.1) is 20.8 Å². The largest absolute Gasteiger partial charge is 0.398 e. The summed E-state index contributed by atoms with van der Waals surface area (Å²) in [5, 5.41) is 0. The molecule has 0 amide bonds. The fourth-order valence-corrected chi connectivity index (χ4v) is 2.09. The van der Waals surface area contributed by atoms with Crippen molar-refractivity contribution in [1.29, 1.82) is 0 Å². The molecule has 0 saturated carbocycles. The highest BCUT2D eigenvalue weighted by atomic mass is 32.2. The van der Waals surface area contributed by atoms with Crippen LogP contribution < -0.4 is 10.5 Å². The van der Waals surface area contributed by atoms with Gasteiger partial charge < -0.3 is 5.73 Å². The molecule has 0 bridgehead atoms. The van der Waals surface area contributed by atoms with Crippen molar-refractivity contribution in [2.45, 2.75) is 20.8 Å². The molecule has 0 aliphatic heterocycles. The van der Waals surface area contributed by atoms with Crippen LogP contribution in [-0.2, 0) is 10.0 Å². The summed E-state index contributed by atoms with van der Waals surface area (Å²) in [4.78, 5) is 0. The summed E-state index contributed by atoms with van der Waals surface area (Å²) in [6.45, 7) is 5.57. The predicted octanol–water partition coefficient (Wildman–Crippen LogP) is 1.57. The number of hydrogen-bond acceptors (Lipinski definition) is 3. The quantitative estimate of drug-likeness (QED) is 0.755. The average molecular weight is 228 g/mol. The van der Waals surface area contributed by atoms with Gasteiger partial charge in [-0.2, -0.15) is 0 Å². The van der Waals surface area contributed by atoms with Crippen LogP contribution in [0.5, 0.6) is 0 Å². The van der Waals surface area contributed by atoms with Crippen LogP contribution in [0.4, 0.5) is 11.4 Å². The van der Waals surface area contributed by atoms with Crippen molar-refractivity contribution in [2.75, 3.05) is 16.7 Å². The lowest BCUT2D eigenvalue weighted by Crippen LogP contribution is -2.13. The maximum atomic E-state index is 11.2. The Morgan fingerprint density at radius 2 is 1.73 bits per heavy atom. The average Bonchev–Trinajstić information content (AvgIpc) is 2.08. The highest BCUT2D eigenvalue weighted by Gasteiger charge is 2.12. The van der Waals surface area contributed by atoms with E-state index in [1.54, 1.807) is 6.92 Å². The molecular formula is C10H16N2O2S. The van der Waals surface area contributed by atoms with Crippen molar-refractivity contribution < 1.29 is 8.42 Å². The number of nitrogens with two attached hydrogens (primary N) is 1. The number of aryl methyl sites for hydroxylation is 1. The molecule has 5 heteroatoms. The van der Waals surface area contributed by atoms with Gasteiger partial charge in [0.05, 0.1) is 11.9 Å². The first-order valence-corrected chi connectivity index (χ1v) is 6.45. The van der Waals surface area contributed by atoms with Crippen LogP contribution in [0.15, 0.2) is 6.07 Å². The molecule has 1 rings (SSSR count). The summed E-state index contributed by atoms with van der Waals surface area (Å²) < 4.78 is 24.8. The normalized spacial score (nSPS) is 11.5. The van der Waals surface area contributed by atoms with E-state index in [-0.39, 0.29) is 0 Å². The van der Waals surface area contributed by atoms with E-state index in [9.17, 15) is 8.42 Å². The van der Waals surface area contributed by atoms with E-state index < -0.39 is 10.0 Å². The molecule has 0 heterocycles. The first kappa shape index (κ1) is 11.8. The Bertz CT molecular complexity index is 466. The van der Waals surface area contributed by atoms with E-state index in [0.717, 1.165) is 22.9 Å². The number of nitrogen functional groups attached to an aromatic ring is 1. The van der Waals surface area contributed by atoms with Crippen molar-refractivity contribution in [3.8, 4) is 0 Å². The molecule has 0 unspecified atom stereocenters. The van der Waals surface area contributed by atoms with Crippen LogP contribution in [-0.4, -0.2) is 14.7 Å². The summed E-state index contributed by atoms with van der Waals surface area (Å²) >= 11 is 0. The van der Waals surface area contributed by atoms with Crippen molar-refractivity contribution >= 4 is 21.4 Å². The van der Waals surface area contributed by atoms with Crippen LogP contribution >= 0.6 is 0 Å². The Hall–Kier alpha value is -1.23. The van der Waals surface area contributed by atoms with Gasteiger partial charge in [0.1, 0.15) is 0 Å². The number of nitrogens with one attached hydrogen (secondary N) is 1. The van der Waals surface area contributed by atoms with E-state index in [2.05, 4.69) is 4.72 Å².